The summed E-state index contributed by atoms with van der Waals surface area (Å²) in [7, 11) is 3.19. The molecule has 0 saturated carbocycles. The number of amides is 2. The number of rotatable bonds is 8. The fourth-order valence-electron chi connectivity index (χ4n) is 2.91. The van der Waals surface area contributed by atoms with Gasteiger partial charge in [0.1, 0.15) is 11.8 Å². The molecule has 5 heteroatoms. The van der Waals surface area contributed by atoms with Crippen molar-refractivity contribution in [1.82, 2.24) is 10.2 Å². The van der Waals surface area contributed by atoms with Gasteiger partial charge in [-0.3, -0.25) is 9.59 Å². The molecule has 0 aliphatic carbocycles. The maximum Gasteiger partial charge on any atom is 0.242 e. The third-order valence-corrected chi connectivity index (χ3v) is 4.65. The van der Waals surface area contributed by atoms with Crippen LogP contribution in [0.4, 0.5) is 0 Å². The van der Waals surface area contributed by atoms with Gasteiger partial charge in [0.05, 0.1) is 7.11 Å². The Morgan fingerprint density at radius 2 is 1.81 bits per heavy atom. The van der Waals surface area contributed by atoms with E-state index in [-0.39, 0.29) is 11.8 Å². The maximum absolute atomic E-state index is 12.9. The molecule has 2 amide bonds. The molecule has 2 aromatic rings. The van der Waals surface area contributed by atoms with Crippen LogP contribution in [0.2, 0.25) is 0 Å². The van der Waals surface area contributed by atoms with Gasteiger partial charge in [0.15, 0.2) is 0 Å². The minimum atomic E-state index is -0.549. The molecule has 0 unspecified atom stereocenters. The van der Waals surface area contributed by atoms with Crippen LogP contribution in [0.15, 0.2) is 48.5 Å². The largest absolute Gasteiger partial charge is 0.497 e. The molecule has 0 heterocycles. The van der Waals surface area contributed by atoms with Crippen LogP contribution in [0.5, 0.6) is 5.75 Å². The van der Waals surface area contributed by atoms with Gasteiger partial charge in [-0.15, -0.1) is 0 Å². The average Bonchev–Trinajstić information content (AvgIpc) is 2.70. The Morgan fingerprint density at radius 3 is 2.44 bits per heavy atom. The third kappa shape index (κ3) is 5.84. The summed E-state index contributed by atoms with van der Waals surface area (Å²) in [6, 6.07) is 15.2. The maximum atomic E-state index is 12.9. The summed E-state index contributed by atoms with van der Waals surface area (Å²) in [5.41, 5.74) is 3.23. The van der Waals surface area contributed by atoms with Gasteiger partial charge in [-0.2, -0.15) is 0 Å². The lowest BCUT2D eigenvalue weighted by Crippen LogP contribution is -2.46. The second-order valence-corrected chi connectivity index (χ2v) is 6.65. The number of benzene rings is 2. The normalized spacial score (nSPS) is 11.6. The Labute approximate surface area is 161 Å². The summed E-state index contributed by atoms with van der Waals surface area (Å²) in [5, 5.41) is 2.63. The Balaban J connectivity index is 2.13. The molecule has 0 spiro atoms. The van der Waals surface area contributed by atoms with Crippen molar-refractivity contribution in [2.75, 3.05) is 14.2 Å². The van der Waals surface area contributed by atoms with Crippen LogP contribution in [-0.4, -0.2) is 36.9 Å². The van der Waals surface area contributed by atoms with Crippen molar-refractivity contribution >= 4 is 11.8 Å². The van der Waals surface area contributed by atoms with Gasteiger partial charge in [-0.25, -0.2) is 0 Å². The molecule has 27 heavy (non-hydrogen) atoms. The number of nitrogens with one attached hydrogen (secondary N) is 1. The van der Waals surface area contributed by atoms with Crippen LogP contribution in [0.1, 0.15) is 30.0 Å². The number of hydrogen-bond donors (Lipinski definition) is 1. The van der Waals surface area contributed by atoms with Crippen molar-refractivity contribution in [2.24, 2.45) is 0 Å². The van der Waals surface area contributed by atoms with E-state index in [0.29, 0.717) is 19.4 Å². The van der Waals surface area contributed by atoms with E-state index >= 15 is 0 Å². The molecule has 1 atom stereocenters. The van der Waals surface area contributed by atoms with E-state index in [1.807, 2.05) is 55.5 Å². The number of carbonyl (C=O) groups excluding carboxylic acids is 2. The first kappa shape index (κ1) is 20.5. The van der Waals surface area contributed by atoms with Crippen LogP contribution in [-0.2, 0) is 22.6 Å². The SMILES string of the molecule is CNC(=O)[C@H](C)N(Cc1cccc(OC)c1)C(=O)CCc1ccc(C)cc1. The summed E-state index contributed by atoms with van der Waals surface area (Å²) >= 11 is 0. The van der Waals surface area contributed by atoms with Crippen LogP contribution >= 0.6 is 0 Å². The Morgan fingerprint density at radius 1 is 1.11 bits per heavy atom. The third-order valence-electron chi connectivity index (χ3n) is 4.65. The quantitative estimate of drug-likeness (QED) is 0.779. The highest BCUT2D eigenvalue weighted by Gasteiger charge is 2.25. The fourth-order valence-corrected chi connectivity index (χ4v) is 2.91. The van der Waals surface area contributed by atoms with Crippen molar-refractivity contribution < 1.29 is 14.3 Å². The van der Waals surface area contributed by atoms with E-state index in [2.05, 4.69) is 5.32 Å². The zero-order valence-electron chi connectivity index (χ0n) is 16.5. The summed E-state index contributed by atoms with van der Waals surface area (Å²) in [4.78, 5) is 26.7. The van der Waals surface area contributed by atoms with Crippen molar-refractivity contribution in [3.05, 3.63) is 65.2 Å². The molecular formula is C22H28N2O3. The highest BCUT2D eigenvalue weighted by atomic mass is 16.5. The first-order chi connectivity index (χ1) is 12.9. The summed E-state index contributed by atoms with van der Waals surface area (Å²) < 4.78 is 5.26. The van der Waals surface area contributed by atoms with E-state index in [4.69, 9.17) is 4.74 Å². The second-order valence-electron chi connectivity index (χ2n) is 6.65. The zero-order valence-corrected chi connectivity index (χ0v) is 16.5. The summed E-state index contributed by atoms with van der Waals surface area (Å²) in [6.45, 7) is 4.15. The van der Waals surface area contributed by atoms with Crippen LogP contribution in [0.25, 0.3) is 0 Å². The van der Waals surface area contributed by atoms with E-state index in [9.17, 15) is 9.59 Å². The predicted molar refractivity (Wildman–Crippen MR) is 107 cm³/mol. The van der Waals surface area contributed by atoms with Crippen molar-refractivity contribution in [2.45, 2.75) is 39.3 Å². The molecule has 144 valence electrons. The number of methoxy groups -OCH3 is 1. The Kier molecular flexibility index (Phi) is 7.41. The number of aryl methyl sites for hydroxylation is 2. The Hall–Kier alpha value is -2.82. The molecule has 1 N–H and O–H groups in total. The molecule has 0 aliphatic rings. The van der Waals surface area contributed by atoms with Gasteiger partial charge in [0.2, 0.25) is 11.8 Å². The zero-order chi connectivity index (χ0) is 19.8. The smallest absolute Gasteiger partial charge is 0.242 e. The van der Waals surface area contributed by atoms with E-state index in [1.165, 1.54) is 5.56 Å². The van der Waals surface area contributed by atoms with Gasteiger partial charge in [0, 0.05) is 20.0 Å². The standard InChI is InChI=1S/C22H28N2O3/c1-16-8-10-18(11-9-16)12-13-21(25)24(17(2)22(26)23-3)15-19-6-5-7-20(14-19)27-4/h5-11,14,17H,12-13,15H2,1-4H3,(H,23,26)/t17-/m0/s1. The highest BCUT2D eigenvalue weighted by molar-refractivity contribution is 5.87. The first-order valence-corrected chi connectivity index (χ1v) is 9.14. The van der Waals surface area contributed by atoms with Crippen molar-refractivity contribution in [1.29, 1.82) is 0 Å². The van der Waals surface area contributed by atoms with Gasteiger partial charge >= 0.3 is 0 Å². The molecule has 0 fully saturated rings. The van der Waals surface area contributed by atoms with Gasteiger partial charge in [0.25, 0.3) is 0 Å². The minimum absolute atomic E-state index is 0.0468. The number of ether oxygens (including phenoxy) is 1. The molecule has 2 aromatic carbocycles. The van der Waals surface area contributed by atoms with E-state index in [0.717, 1.165) is 16.9 Å². The molecule has 5 nitrogen and oxygen atoms in total. The first-order valence-electron chi connectivity index (χ1n) is 9.14. The molecule has 0 aliphatic heterocycles. The molecule has 0 saturated heterocycles. The summed E-state index contributed by atoms with van der Waals surface area (Å²) in [6.07, 6.45) is 1.00. The van der Waals surface area contributed by atoms with Crippen molar-refractivity contribution in [3.8, 4) is 5.75 Å². The minimum Gasteiger partial charge on any atom is -0.497 e. The monoisotopic (exact) mass is 368 g/mol. The van der Waals surface area contributed by atoms with Gasteiger partial charge < -0.3 is 15.0 Å². The molecule has 0 aromatic heterocycles. The fraction of sp³-hybridized carbons (Fsp3) is 0.364. The molecule has 2 rings (SSSR count). The molecule has 0 radical (unpaired) electrons. The number of carbonyl (C=O) groups is 2. The lowest BCUT2D eigenvalue weighted by molar-refractivity contribution is -0.140. The molecule has 0 bridgehead atoms. The lowest BCUT2D eigenvalue weighted by Gasteiger charge is -2.28. The number of hydrogen-bond acceptors (Lipinski definition) is 3. The van der Waals surface area contributed by atoms with Crippen LogP contribution in [0, 0.1) is 6.92 Å². The average molecular weight is 368 g/mol. The molecular weight excluding hydrogens is 340 g/mol. The predicted octanol–water partition coefficient (Wildman–Crippen LogP) is 3.10. The van der Waals surface area contributed by atoms with E-state index in [1.54, 1.807) is 26.0 Å². The lowest BCUT2D eigenvalue weighted by atomic mass is 10.1. The topological polar surface area (TPSA) is 58.6 Å². The van der Waals surface area contributed by atoms with Gasteiger partial charge in [-0.1, -0.05) is 42.0 Å². The highest BCUT2D eigenvalue weighted by Crippen LogP contribution is 2.17. The summed E-state index contributed by atoms with van der Waals surface area (Å²) in [5.74, 6) is 0.503. The second kappa shape index (κ2) is 9.76. The number of likely N-dealkylation sites (N-methyl/N-ethyl adjacent to an activating group) is 1. The van der Waals surface area contributed by atoms with Crippen molar-refractivity contribution in [3.63, 3.8) is 0 Å². The van der Waals surface area contributed by atoms with E-state index < -0.39 is 6.04 Å². The van der Waals surface area contributed by atoms with Crippen LogP contribution in [0.3, 0.4) is 0 Å². The van der Waals surface area contributed by atoms with Crippen LogP contribution < -0.4 is 10.1 Å². The Bertz CT molecular complexity index is 771. The number of nitrogens with zero attached hydrogens (tertiary/aromatic N) is 1. The van der Waals surface area contributed by atoms with Gasteiger partial charge in [-0.05, 0) is 43.5 Å².